The van der Waals surface area contributed by atoms with Crippen LogP contribution in [0.3, 0.4) is 0 Å². The number of benzene rings is 2. The summed E-state index contributed by atoms with van der Waals surface area (Å²) in [6.07, 6.45) is 4.40. The lowest BCUT2D eigenvalue weighted by Crippen LogP contribution is -2.17. The van der Waals surface area contributed by atoms with Gasteiger partial charge in [-0.25, -0.2) is 9.82 Å². The number of para-hydroxylation sites is 1. The molecule has 23 heavy (non-hydrogen) atoms. The Bertz CT molecular complexity index is 866. The average molecular weight is 309 g/mol. The Hall–Kier alpha value is -2.95. The van der Waals surface area contributed by atoms with E-state index in [9.17, 15) is 9.18 Å². The zero-order valence-electron chi connectivity index (χ0n) is 12.6. The molecule has 0 fully saturated rings. The standard InChI is InChI=1S/C18H16FN3O/c1-2-12-4-3-5-16-14(10-20-17(12)16)11-21-22-18(23)13-6-8-15(19)9-7-13/h3-11,20H,2H2,1H3,(H,22,23). The van der Waals surface area contributed by atoms with E-state index in [1.165, 1.54) is 29.8 Å². The second-order valence-corrected chi connectivity index (χ2v) is 5.14. The van der Waals surface area contributed by atoms with Crippen LogP contribution in [0.15, 0.2) is 53.8 Å². The second-order valence-electron chi connectivity index (χ2n) is 5.14. The Kier molecular flexibility index (Phi) is 4.19. The summed E-state index contributed by atoms with van der Waals surface area (Å²) in [6.45, 7) is 2.10. The number of aromatic amines is 1. The van der Waals surface area contributed by atoms with Crippen LogP contribution in [0.2, 0.25) is 0 Å². The molecule has 0 aliphatic heterocycles. The molecule has 4 nitrogen and oxygen atoms in total. The number of nitrogens with one attached hydrogen (secondary N) is 2. The van der Waals surface area contributed by atoms with Gasteiger partial charge in [0.2, 0.25) is 0 Å². The van der Waals surface area contributed by atoms with Gasteiger partial charge in [0, 0.05) is 28.2 Å². The Morgan fingerprint density at radius 1 is 1.26 bits per heavy atom. The highest BCUT2D eigenvalue weighted by molar-refractivity contribution is 6.01. The number of nitrogens with zero attached hydrogens (tertiary/aromatic N) is 1. The van der Waals surface area contributed by atoms with E-state index in [0.29, 0.717) is 5.56 Å². The topological polar surface area (TPSA) is 57.2 Å². The zero-order chi connectivity index (χ0) is 16.2. The fourth-order valence-corrected chi connectivity index (χ4v) is 2.47. The molecule has 1 aromatic heterocycles. The highest BCUT2D eigenvalue weighted by atomic mass is 19.1. The summed E-state index contributed by atoms with van der Waals surface area (Å²) in [6, 6.07) is 11.4. The van der Waals surface area contributed by atoms with Gasteiger partial charge in [-0.05, 0) is 36.2 Å². The van der Waals surface area contributed by atoms with Gasteiger partial charge in [0.15, 0.2) is 0 Å². The Morgan fingerprint density at radius 2 is 2.04 bits per heavy atom. The molecule has 5 heteroatoms. The molecule has 3 aromatic rings. The van der Waals surface area contributed by atoms with Crippen LogP contribution >= 0.6 is 0 Å². The Balaban J connectivity index is 1.76. The largest absolute Gasteiger partial charge is 0.360 e. The predicted octanol–water partition coefficient (Wildman–Crippen LogP) is 3.63. The molecule has 0 saturated carbocycles. The third-order valence-electron chi connectivity index (χ3n) is 3.69. The molecule has 116 valence electrons. The summed E-state index contributed by atoms with van der Waals surface area (Å²) in [4.78, 5) is 15.1. The van der Waals surface area contributed by atoms with Gasteiger partial charge in [0.25, 0.3) is 5.91 Å². The van der Waals surface area contributed by atoms with Crippen molar-refractivity contribution in [2.75, 3.05) is 0 Å². The molecule has 0 aliphatic rings. The summed E-state index contributed by atoms with van der Waals surface area (Å²) in [5.74, 6) is -0.758. The number of rotatable bonds is 4. The van der Waals surface area contributed by atoms with Crippen molar-refractivity contribution in [2.45, 2.75) is 13.3 Å². The summed E-state index contributed by atoms with van der Waals surface area (Å²) < 4.78 is 12.8. The highest BCUT2D eigenvalue weighted by Gasteiger charge is 2.06. The summed E-state index contributed by atoms with van der Waals surface area (Å²) in [5.41, 5.74) is 6.02. The quantitative estimate of drug-likeness (QED) is 0.561. The monoisotopic (exact) mass is 309 g/mol. The van der Waals surface area contributed by atoms with Gasteiger partial charge in [-0.15, -0.1) is 0 Å². The molecule has 3 rings (SSSR count). The molecule has 0 aliphatic carbocycles. The maximum Gasteiger partial charge on any atom is 0.271 e. The lowest BCUT2D eigenvalue weighted by Gasteiger charge is -2.00. The number of aromatic nitrogens is 1. The van der Waals surface area contributed by atoms with E-state index < -0.39 is 0 Å². The van der Waals surface area contributed by atoms with E-state index in [0.717, 1.165) is 22.9 Å². The minimum Gasteiger partial charge on any atom is -0.360 e. The first-order chi connectivity index (χ1) is 11.2. The van der Waals surface area contributed by atoms with Gasteiger partial charge in [-0.3, -0.25) is 4.79 Å². The van der Waals surface area contributed by atoms with Crippen LogP contribution in [-0.2, 0) is 6.42 Å². The van der Waals surface area contributed by atoms with Crippen LogP contribution in [-0.4, -0.2) is 17.1 Å². The maximum absolute atomic E-state index is 12.8. The fourth-order valence-electron chi connectivity index (χ4n) is 2.47. The van der Waals surface area contributed by atoms with Crippen molar-refractivity contribution < 1.29 is 9.18 Å². The van der Waals surface area contributed by atoms with Gasteiger partial charge in [-0.1, -0.05) is 25.1 Å². The molecular formula is C18H16FN3O. The van der Waals surface area contributed by atoms with E-state index in [2.05, 4.69) is 28.5 Å². The van der Waals surface area contributed by atoms with Gasteiger partial charge < -0.3 is 4.98 Å². The van der Waals surface area contributed by atoms with E-state index in [-0.39, 0.29) is 11.7 Å². The average Bonchev–Trinajstić information content (AvgIpc) is 2.98. The van der Waals surface area contributed by atoms with Gasteiger partial charge in [0.1, 0.15) is 5.82 Å². The minimum absolute atomic E-state index is 0.357. The van der Waals surface area contributed by atoms with Crippen molar-refractivity contribution in [3.8, 4) is 0 Å². The number of fused-ring (bicyclic) bond motifs is 1. The van der Waals surface area contributed by atoms with Crippen molar-refractivity contribution in [1.82, 2.24) is 10.4 Å². The SMILES string of the molecule is CCc1cccc2c(C=NNC(=O)c3ccc(F)cc3)c[nH]c12. The van der Waals surface area contributed by atoms with Crippen LogP contribution < -0.4 is 5.43 Å². The van der Waals surface area contributed by atoms with E-state index in [1.807, 2.05) is 18.3 Å². The Labute approximate surface area is 133 Å². The number of H-pyrrole nitrogens is 1. The van der Waals surface area contributed by atoms with Crippen molar-refractivity contribution in [3.63, 3.8) is 0 Å². The van der Waals surface area contributed by atoms with E-state index in [4.69, 9.17) is 0 Å². The molecule has 2 N–H and O–H groups in total. The van der Waals surface area contributed by atoms with E-state index >= 15 is 0 Å². The smallest absolute Gasteiger partial charge is 0.271 e. The number of aryl methyl sites for hydroxylation is 1. The first-order valence-corrected chi connectivity index (χ1v) is 7.37. The molecular weight excluding hydrogens is 293 g/mol. The fraction of sp³-hybridized carbons (Fsp3) is 0.111. The van der Waals surface area contributed by atoms with Gasteiger partial charge in [-0.2, -0.15) is 5.10 Å². The van der Waals surface area contributed by atoms with Crippen LogP contribution in [0, 0.1) is 5.82 Å². The number of halogens is 1. The predicted molar refractivity (Wildman–Crippen MR) is 89.1 cm³/mol. The van der Waals surface area contributed by atoms with Crippen molar-refractivity contribution in [3.05, 3.63) is 71.2 Å². The first-order valence-electron chi connectivity index (χ1n) is 7.37. The third-order valence-corrected chi connectivity index (χ3v) is 3.69. The minimum atomic E-state index is -0.379. The number of hydrogen-bond acceptors (Lipinski definition) is 2. The lowest BCUT2D eigenvalue weighted by atomic mass is 10.1. The first kappa shape index (κ1) is 15.0. The third kappa shape index (κ3) is 3.13. The zero-order valence-corrected chi connectivity index (χ0v) is 12.6. The normalized spacial score (nSPS) is 11.2. The lowest BCUT2D eigenvalue weighted by molar-refractivity contribution is 0.0955. The molecule has 2 aromatic carbocycles. The molecule has 1 amide bonds. The van der Waals surface area contributed by atoms with Crippen LogP contribution in [0.1, 0.15) is 28.4 Å². The van der Waals surface area contributed by atoms with E-state index in [1.54, 1.807) is 6.21 Å². The molecule has 0 saturated heterocycles. The maximum atomic E-state index is 12.8. The molecule has 0 unspecified atom stereocenters. The van der Waals surface area contributed by atoms with Crippen LogP contribution in [0.5, 0.6) is 0 Å². The van der Waals surface area contributed by atoms with Crippen LogP contribution in [0.25, 0.3) is 10.9 Å². The number of amides is 1. The Morgan fingerprint density at radius 3 is 2.78 bits per heavy atom. The van der Waals surface area contributed by atoms with Crippen LogP contribution in [0.4, 0.5) is 4.39 Å². The van der Waals surface area contributed by atoms with Gasteiger partial charge >= 0.3 is 0 Å². The number of carbonyl (C=O) groups is 1. The molecule has 0 spiro atoms. The molecule has 1 heterocycles. The number of carbonyl (C=O) groups excluding carboxylic acids is 1. The summed E-state index contributed by atoms with van der Waals surface area (Å²) in [7, 11) is 0. The highest BCUT2D eigenvalue weighted by Crippen LogP contribution is 2.20. The summed E-state index contributed by atoms with van der Waals surface area (Å²) >= 11 is 0. The molecule has 0 atom stereocenters. The number of hydrogen-bond donors (Lipinski definition) is 2. The second kappa shape index (κ2) is 6.44. The molecule has 0 radical (unpaired) electrons. The van der Waals surface area contributed by atoms with Crippen molar-refractivity contribution in [2.24, 2.45) is 5.10 Å². The number of hydrazone groups is 1. The van der Waals surface area contributed by atoms with Crippen molar-refractivity contribution in [1.29, 1.82) is 0 Å². The van der Waals surface area contributed by atoms with Gasteiger partial charge in [0.05, 0.1) is 6.21 Å². The summed E-state index contributed by atoms with van der Waals surface area (Å²) in [5, 5.41) is 5.04. The molecule has 0 bridgehead atoms. The van der Waals surface area contributed by atoms with Crippen molar-refractivity contribution >= 4 is 23.0 Å².